The van der Waals surface area contributed by atoms with Crippen LogP contribution in [0, 0.1) is 5.41 Å². The van der Waals surface area contributed by atoms with Crippen LogP contribution < -0.4 is 11.3 Å². The zero-order chi connectivity index (χ0) is 8.43. The molecule has 1 aromatic rings. The molecule has 0 unspecified atom stereocenters. The zero-order valence-electron chi connectivity index (χ0n) is 5.52. The van der Waals surface area contributed by atoms with Gasteiger partial charge in [-0.05, 0) is 22.0 Å². The van der Waals surface area contributed by atoms with Crippen LogP contribution in [0.4, 0.5) is 5.82 Å². The Bertz CT molecular complexity index is 344. The van der Waals surface area contributed by atoms with Gasteiger partial charge < -0.3 is 16.1 Å². The maximum absolute atomic E-state index is 10.9. The lowest BCUT2D eigenvalue weighted by Crippen LogP contribution is -2.11. The van der Waals surface area contributed by atoms with Gasteiger partial charge in [-0.15, -0.1) is 0 Å². The van der Waals surface area contributed by atoms with E-state index in [1.807, 2.05) is 0 Å². The molecule has 0 atom stereocenters. The van der Waals surface area contributed by atoms with Gasteiger partial charge in [0.05, 0.1) is 4.47 Å². The van der Waals surface area contributed by atoms with E-state index in [4.69, 9.17) is 11.1 Å². The Morgan fingerprint density at radius 2 is 2.36 bits per heavy atom. The number of nitrogens with one attached hydrogen (secondary N) is 2. The van der Waals surface area contributed by atoms with Gasteiger partial charge in [0, 0.05) is 11.8 Å². The number of nitrogens with two attached hydrogens (primary N) is 1. The number of pyridine rings is 1. The summed E-state index contributed by atoms with van der Waals surface area (Å²) in [5.41, 5.74) is 5.59. The number of H-pyrrole nitrogens is 1. The predicted octanol–water partition coefficient (Wildman–Crippen LogP) is 0.717. The van der Waals surface area contributed by atoms with Crippen molar-refractivity contribution < 1.29 is 0 Å². The highest BCUT2D eigenvalue weighted by molar-refractivity contribution is 9.10. The lowest BCUT2D eigenvalue weighted by Gasteiger charge is -1.97. The van der Waals surface area contributed by atoms with E-state index in [1.165, 1.54) is 6.07 Å². The predicted molar refractivity (Wildman–Crippen MR) is 47.1 cm³/mol. The first-order chi connectivity index (χ1) is 5.15. The molecule has 0 aromatic carbocycles. The molecule has 0 amide bonds. The van der Waals surface area contributed by atoms with Gasteiger partial charge in [0.1, 0.15) is 5.82 Å². The summed E-state index contributed by atoms with van der Waals surface area (Å²) in [5, 5.41) is 6.90. The summed E-state index contributed by atoms with van der Waals surface area (Å²) in [5.74, 6) is 0.216. The molecule has 11 heavy (non-hydrogen) atoms. The monoisotopic (exact) mass is 215 g/mol. The Morgan fingerprint density at radius 3 is 2.91 bits per heavy atom. The number of hydrogen-bond acceptors (Lipinski definition) is 3. The van der Waals surface area contributed by atoms with Crippen LogP contribution in [0.5, 0.6) is 0 Å². The number of aromatic amines is 1. The van der Waals surface area contributed by atoms with E-state index in [1.54, 1.807) is 0 Å². The topological polar surface area (TPSA) is 82.7 Å². The molecule has 1 rings (SSSR count). The molecule has 4 N–H and O–H groups in total. The first kappa shape index (κ1) is 8.00. The quantitative estimate of drug-likeness (QED) is 0.604. The third-order valence-electron chi connectivity index (χ3n) is 1.21. The van der Waals surface area contributed by atoms with Gasteiger partial charge in [-0.1, -0.05) is 0 Å². The Labute approximate surface area is 71.1 Å². The molecule has 1 heterocycles. The number of hydrogen-bond donors (Lipinski definition) is 3. The zero-order valence-corrected chi connectivity index (χ0v) is 7.10. The van der Waals surface area contributed by atoms with Crippen LogP contribution in [0.15, 0.2) is 15.3 Å². The summed E-state index contributed by atoms with van der Waals surface area (Å²) in [6.07, 6.45) is 1.08. The van der Waals surface area contributed by atoms with Crippen LogP contribution >= 0.6 is 15.9 Å². The molecule has 0 radical (unpaired) electrons. The second-order valence-corrected chi connectivity index (χ2v) is 2.81. The van der Waals surface area contributed by atoms with Crippen molar-refractivity contribution in [3.63, 3.8) is 0 Å². The fourth-order valence-corrected chi connectivity index (χ4v) is 0.999. The van der Waals surface area contributed by atoms with Gasteiger partial charge in [0.15, 0.2) is 0 Å². The summed E-state index contributed by atoms with van der Waals surface area (Å²) >= 11 is 3.02. The molecule has 0 aliphatic carbocycles. The normalized spacial score (nSPS) is 9.55. The van der Waals surface area contributed by atoms with Crippen LogP contribution in [0.2, 0.25) is 0 Å². The molecule has 0 saturated carbocycles. The Morgan fingerprint density at radius 1 is 1.73 bits per heavy atom. The molecule has 0 aliphatic heterocycles. The summed E-state index contributed by atoms with van der Waals surface area (Å²) in [4.78, 5) is 13.2. The van der Waals surface area contributed by atoms with Crippen LogP contribution in [-0.2, 0) is 0 Å². The highest BCUT2D eigenvalue weighted by atomic mass is 79.9. The average Bonchev–Trinajstić information content (AvgIpc) is 1.97. The molecule has 0 spiro atoms. The smallest absolute Gasteiger partial charge is 0.263 e. The second-order valence-electron chi connectivity index (χ2n) is 1.96. The lowest BCUT2D eigenvalue weighted by molar-refractivity contribution is 1.22. The molecule has 58 valence electrons. The van der Waals surface area contributed by atoms with Gasteiger partial charge in [-0.25, -0.2) is 0 Å². The molecule has 0 fully saturated rings. The van der Waals surface area contributed by atoms with Crippen molar-refractivity contribution in [2.45, 2.75) is 0 Å². The van der Waals surface area contributed by atoms with Gasteiger partial charge in [-0.3, -0.25) is 4.79 Å². The number of rotatable bonds is 1. The van der Waals surface area contributed by atoms with E-state index in [0.29, 0.717) is 10.0 Å². The van der Waals surface area contributed by atoms with E-state index in [9.17, 15) is 4.79 Å². The fraction of sp³-hybridized carbons (Fsp3) is 0. The third-order valence-corrected chi connectivity index (χ3v) is 1.80. The van der Waals surface area contributed by atoms with E-state index in [0.717, 1.165) is 6.21 Å². The Hall–Kier alpha value is -1.10. The molecular weight excluding hydrogens is 210 g/mol. The van der Waals surface area contributed by atoms with Crippen molar-refractivity contribution in [2.24, 2.45) is 0 Å². The second kappa shape index (κ2) is 2.87. The van der Waals surface area contributed by atoms with Crippen LogP contribution in [0.3, 0.4) is 0 Å². The minimum atomic E-state index is -0.284. The SMILES string of the molecule is N=Cc1cc(Br)c(=O)[nH]c1N. The highest BCUT2D eigenvalue weighted by Gasteiger charge is 2.00. The lowest BCUT2D eigenvalue weighted by atomic mass is 10.3. The fourth-order valence-electron chi connectivity index (χ4n) is 0.653. The first-order valence-corrected chi connectivity index (χ1v) is 3.63. The van der Waals surface area contributed by atoms with E-state index in [2.05, 4.69) is 20.9 Å². The average molecular weight is 216 g/mol. The van der Waals surface area contributed by atoms with E-state index >= 15 is 0 Å². The van der Waals surface area contributed by atoms with Gasteiger partial charge >= 0.3 is 0 Å². The summed E-state index contributed by atoms with van der Waals surface area (Å²) in [7, 11) is 0. The van der Waals surface area contributed by atoms with E-state index in [-0.39, 0.29) is 11.4 Å². The number of anilines is 1. The summed E-state index contributed by atoms with van der Waals surface area (Å²) in [6, 6.07) is 1.50. The minimum absolute atomic E-state index is 0.216. The molecule has 5 heteroatoms. The Balaban J connectivity index is 3.43. The van der Waals surface area contributed by atoms with Gasteiger partial charge in [0.2, 0.25) is 0 Å². The van der Waals surface area contributed by atoms with Crippen molar-refractivity contribution in [1.82, 2.24) is 4.98 Å². The molecule has 1 aromatic heterocycles. The van der Waals surface area contributed by atoms with Crippen molar-refractivity contribution >= 4 is 28.0 Å². The summed E-state index contributed by atoms with van der Waals surface area (Å²) in [6.45, 7) is 0. The van der Waals surface area contributed by atoms with Crippen molar-refractivity contribution in [1.29, 1.82) is 5.41 Å². The minimum Gasteiger partial charge on any atom is -0.385 e. The third kappa shape index (κ3) is 1.48. The van der Waals surface area contributed by atoms with Crippen molar-refractivity contribution in [3.8, 4) is 0 Å². The van der Waals surface area contributed by atoms with Crippen LogP contribution in [0.25, 0.3) is 0 Å². The molecule has 4 nitrogen and oxygen atoms in total. The maximum atomic E-state index is 10.9. The molecule has 0 bridgehead atoms. The standard InChI is InChI=1S/C6H6BrN3O/c7-4-1-3(2-8)5(9)10-6(4)11/h1-2,8H,(H3,9,10,11). The largest absolute Gasteiger partial charge is 0.385 e. The number of halogens is 1. The van der Waals surface area contributed by atoms with Crippen LogP contribution in [0.1, 0.15) is 5.56 Å². The Kier molecular flexibility index (Phi) is 2.09. The molecule has 0 saturated heterocycles. The van der Waals surface area contributed by atoms with Gasteiger partial charge in [-0.2, -0.15) is 0 Å². The van der Waals surface area contributed by atoms with Crippen molar-refractivity contribution in [3.05, 3.63) is 26.5 Å². The molecule has 0 aliphatic rings. The highest BCUT2D eigenvalue weighted by Crippen LogP contribution is 2.08. The van der Waals surface area contributed by atoms with E-state index < -0.39 is 0 Å². The number of nitrogen functional groups attached to an aromatic ring is 1. The van der Waals surface area contributed by atoms with Crippen LogP contribution in [-0.4, -0.2) is 11.2 Å². The summed E-state index contributed by atoms with van der Waals surface area (Å²) < 4.78 is 0.380. The molecular formula is C6H6BrN3O. The number of aromatic nitrogens is 1. The first-order valence-electron chi connectivity index (χ1n) is 2.84. The van der Waals surface area contributed by atoms with Crippen molar-refractivity contribution in [2.75, 3.05) is 5.73 Å². The maximum Gasteiger partial charge on any atom is 0.263 e. The van der Waals surface area contributed by atoms with Gasteiger partial charge in [0.25, 0.3) is 5.56 Å².